The largest absolute Gasteiger partial charge is 1.00 e. The van der Waals surface area contributed by atoms with Crippen molar-refractivity contribution in [2.24, 2.45) is 5.41 Å². The molecule has 0 spiro atoms. The summed E-state index contributed by atoms with van der Waals surface area (Å²) >= 11 is 2.35. The van der Waals surface area contributed by atoms with E-state index in [0.29, 0.717) is 0 Å². The molecule has 0 aliphatic heterocycles. The minimum atomic E-state index is -2.54. The average molecular weight is 702 g/mol. The van der Waals surface area contributed by atoms with Gasteiger partial charge in [0.25, 0.3) is 0 Å². The van der Waals surface area contributed by atoms with Crippen molar-refractivity contribution >= 4 is 23.6 Å². The molecule has 0 aromatic heterocycles. The fourth-order valence-electron chi connectivity index (χ4n) is 6.70. The maximum Gasteiger partial charge on any atom is -1.00 e. The predicted octanol–water partition coefficient (Wildman–Crippen LogP) is -0.0871. The smallest absolute Gasteiger partial charge is 1.00 e. The Bertz CT molecular complexity index is 1210. The van der Waals surface area contributed by atoms with Crippen LogP contribution in [0.15, 0.2) is 93.5 Å². The first-order chi connectivity index (χ1) is 19.7. The Morgan fingerprint density at radius 2 is 0.886 bits per heavy atom. The molecule has 4 rings (SSSR count). The number of rotatable bonds is 13. The summed E-state index contributed by atoms with van der Waals surface area (Å²) in [5, 5.41) is 6.27. The summed E-state index contributed by atoms with van der Waals surface area (Å²) in [7, 11) is -2.54. The molecule has 1 aliphatic carbocycles. The van der Waals surface area contributed by atoms with E-state index in [2.05, 4.69) is 141 Å². The molecule has 0 saturated heterocycles. The van der Waals surface area contributed by atoms with Gasteiger partial charge in [0.2, 0.25) is 0 Å². The Hall–Kier alpha value is -1.06. The van der Waals surface area contributed by atoms with Crippen LogP contribution in [0.1, 0.15) is 103 Å². The molecule has 0 radical (unpaired) electrons. The maximum absolute atomic E-state index is 2.54. The second-order valence-electron chi connectivity index (χ2n) is 13.1. The molecule has 0 N–H and O–H groups in total. The molecule has 0 atom stereocenters. The first-order valence-electron chi connectivity index (χ1n) is 16.2. The summed E-state index contributed by atoms with van der Waals surface area (Å²) in [5.74, 6) is 0. The first kappa shape index (κ1) is 41.0. The van der Waals surface area contributed by atoms with Gasteiger partial charge in [-0.3, -0.25) is 0 Å². The van der Waals surface area contributed by atoms with Crippen LogP contribution in [0.3, 0.4) is 0 Å². The average Bonchev–Trinajstić information content (AvgIpc) is 3.38. The molecular formula is C39H51Cl3SiTi. The van der Waals surface area contributed by atoms with Crippen molar-refractivity contribution in [3.63, 3.8) is 0 Å². The Morgan fingerprint density at radius 1 is 0.568 bits per heavy atom. The topological polar surface area (TPSA) is 0 Å². The van der Waals surface area contributed by atoms with E-state index in [4.69, 9.17) is 0 Å². The number of allylic oxidation sites excluding steroid dienone is 4. The van der Waals surface area contributed by atoms with E-state index in [1.54, 1.807) is 10.8 Å². The van der Waals surface area contributed by atoms with E-state index >= 15 is 0 Å². The molecule has 5 heteroatoms. The maximum atomic E-state index is 2.51. The predicted molar refractivity (Wildman–Crippen MR) is 179 cm³/mol. The van der Waals surface area contributed by atoms with Crippen molar-refractivity contribution in [2.75, 3.05) is 0 Å². The molecule has 0 fully saturated rings. The standard InChI is InChI=1S/C39H51Si.3ClH.Ti/c1-7-10-14-31-19-25-34(26-20-31)40(38-18-13-17-37(38)39(4,5)6,35-27-21-32(22-28-35)15-11-8-2)36-29-23-33(24-30-36)16-12-9-3;;;;/h13,19-30H,7-12,14-16,18H2,1-6H3;3*1H;/q;;;;+3/p-3. The van der Waals surface area contributed by atoms with Gasteiger partial charge in [0.15, 0.2) is 0 Å². The third-order valence-corrected chi connectivity index (χ3v) is 14.6. The molecular weight excluding hydrogens is 651 g/mol. The van der Waals surface area contributed by atoms with Crippen LogP contribution in [0, 0.1) is 5.41 Å². The number of aryl methyl sites for hydroxylation is 3. The van der Waals surface area contributed by atoms with Crippen molar-refractivity contribution in [3.8, 4) is 0 Å². The van der Waals surface area contributed by atoms with Crippen LogP contribution in [-0.2, 0) is 39.7 Å². The Morgan fingerprint density at radius 3 is 1.16 bits per heavy atom. The van der Waals surface area contributed by atoms with E-state index in [-0.39, 0.29) is 42.6 Å². The van der Waals surface area contributed by atoms with Crippen LogP contribution in [0.25, 0.3) is 0 Å². The van der Waals surface area contributed by atoms with E-state index in [9.17, 15) is 0 Å². The van der Waals surface area contributed by atoms with Gasteiger partial charge in [-0.1, -0.05) is 0 Å². The minimum absolute atomic E-state index is 0. The van der Waals surface area contributed by atoms with Gasteiger partial charge in [-0.25, -0.2) is 0 Å². The summed E-state index contributed by atoms with van der Waals surface area (Å²) < 4.78 is 1.48. The van der Waals surface area contributed by atoms with Crippen LogP contribution >= 0.6 is 0 Å². The van der Waals surface area contributed by atoms with Gasteiger partial charge in [-0.15, -0.1) is 0 Å². The van der Waals surface area contributed by atoms with Gasteiger partial charge < -0.3 is 37.2 Å². The summed E-state index contributed by atoms with van der Waals surface area (Å²) in [5.41, 5.74) is 6.08. The van der Waals surface area contributed by atoms with Gasteiger partial charge in [0, 0.05) is 0 Å². The van der Waals surface area contributed by atoms with Crippen LogP contribution in [0.5, 0.6) is 0 Å². The zero-order valence-electron chi connectivity index (χ0n) is 27.7. The van der Waals surface area contributed by atoms with E-state index < -0.39 is 8.07 Å². The second kappa shape index (κ2) is 18.9. The number of hydrogen-bond donors (Lipinski definition) is 0. The summed E-state index contributed by atoms with van der Waals surface area (Å²) in [6.07, 6.45) is 14.5. The Balaban J connectivity index is 0.00000323. The third-order valence-electron chi connectivity index (χ3n) is 8.90. The van der Waals surface area contributed by atoms with E-state index in [1.165, 1.54) is 93.9 Å². The molecule has 0 bridgehead atoms. The zero-order valence-corrected chi connectivity index (χ0v) is 32.5. The first-order valence-corrected chi connectivity index (χ1v) is 19.0. The van der Waals surface area contributed by atoms with Crippen molar-refractivity contribution in [1.29, 1.82) is 0 Å². The van der Waals surface area contributed by atoms with Crippen molar-refractivity contribution in [1.82, 2.24) is 0 Å². The SMILES string of the molecule is CCCCc1ccc([Si](C2=C(C(C)(C)C)[C]([Ti+3])=CC2)(c2ccc(CCCC)cc2)c2ccc(CCCC)cc2)cc1.[Cl-].[Cl-].[Cl-]. The molecule has 0 amide bonds. The van der Waals surface area contributed by atoms with Gasteiger partial charge >= 0.3 is 265 Å². The van der Waals surface area contributed by atoms with Crippen LogP contribution in [0.2, 0.25) is 0 Å². The van der Waals surface area contributed by atoms with Gasteiger partial charge in [0.05, 0.1) is 0 Å². The number of halogens is 3. The van der Waals surface area contributed by atoms with Crippen LogP contribution in [0.4, 0.5) is 0 Å². The molecule has 3 aromatic carbocycles. The molecule has 1 aliphatic rings. The van der Waals surface area contributed by atoms with Gasteiger partial charge in [0.1, 0.15) is 0 Å². The Labute approximate surface area is 300 Å². The monoisotopic (exact) mass is 700 g/mol. The Kier molecular flexibility index (Phi) is 17.6. The zero-order chi connectivity index (χ0) is 29.5. The van der Waals surface area contributed by atoms with Crippen LogP contribution < -0.4 is 52.8 Å². The molecule has 3 aromatic rings. The molecule has 0 saturated carbocycles. The summed E-state index contributed by atoms with van der Waals surface area (Å²) in [6.45, 7) is 14.1. The van der Waals surface area contributed by atoms with Gasteiger partial charge in [-0.05, 0) is 0 Å². The van der Waals surface area contributed by atoms with Crippen molar-refractivity contribution in [2.45, 2.75) is 106 Å². The van der Waals surface area contributed by atoms with Gasteiger partial charge in [-0.2, -0.15) is 0 Å². The quantitative estimate of drug-likeness (QED) is 0.173. The number of benzene rings is 3. The normalized spacial score (nSPS) is 13.1. The van der Waals surface area contributed by atoms with Crippen molar-refractivity contribution < 1.29 is 57.7 Å². The fourth-order valence-corrected chi connectivity index (χ4v) is 13.2. The van der Waals surface area contributed by atoms with E-state index in [0.717, 1.165) is 6.42 Å². The van der Waals surface area contributed by atoms with Crippen LogP contribution in [-0.4, -0.2) is 8.07 Å². The summed E-state index contributed by atoms with van der Waals surface area (Å²) in [6, 6.07) is 29.7. The third kappa shape index (κ3) is 9.27. The molecule has 0 unspecified atom stereocenters. The second-order valence-corrected chi connectivity index (χ2v) is 17.8. The molecule has 236 valence electrons. The number of unbranched alkanes of at least 4 members (excludes halogenated alkanes) is 3. The molecule has 44 heavy (non-hydrogen) atoms. The number of hydrogen-bond acceptors (Lipinski definition) is 0. The van der Waals surface area contributed by atoms with Crippen molar-refractivity contribution in [3.05, 3.63) is 110 Å². The molecule has 0 heterocycles. The minimum Gasteiger partial charge on any atom is -1.00 e. The molecule has 0 nitrogen and oxygen atoms in total. The fraction of sp³-hybridized carbons (Fsp3) is 0.436. The van der Waals surface area contributed by atoms with E-state index in [1.807, 2.05) is 0 Å². The summed E-state index contributed by atoms with van der Waals surface area (Å²) in [4.78, 5) is 0.